The lowest BCUT2D eigenvalue weighted by atomic mass is 10.1. The zero-order chi connectivity index (χ0) is 27.3. The molecule has 0 saturated carbocycles. The molecule has 0 unspecified atom stereocenters. The third kappa shape index (κ3) is 9.72. The average molecular weight is 624 g/mol. The van der Waals surface area contributed by atoms with Crippen molar-refractivity contribution >= 4 is 31.5 Å². The smallest absolute Gasteiger partial charge is 0.191 e. The summed E-state index contributed by atoms with van der Waals surface area (Å²) in [5, 5.41) is 4.63. The number of benzene rings is 3. The Morgan fingerprint density at radius 1 is 0.615 bits per heavy atom. The fraction of sp³-hybridized carbons (Fsp3) is 0.429. The van der Waals surface area contributed by atoms with Crippen LogP contribution in [0, 0.1) is 11.8 Å². The van der Waals surface area contributed by atoms with Gasteiger partial charge in [-0.2, -0.15) is 0 Å². The summed E-state index contributed by atoms with van der Waals surface area (Å²) in [7, 11) is -3.36. The van der Waals surface area contributed by atoms with Gasteiger partial charge in [0, 0.05) is 19.4 Å². The first kappa shape index (κ1) is 33.5. The molecule has 0 bridgehead atoms. The van der Waals surface area contributed by atoms with Gasteiger partial charge in [0.1, 0.15) is 23.2 Å². The summed E-state index contributed by atoms with van der Waals surface area (Å²) in [5.74, 6) is 7.05. The molecule has 0 fully saturated rings. The molecule has 210 valence electrons. The predicted octanol–water partition coefficient (Wildman–Crippen LogP) is 5.74. The summed E-state index contributed by atoms with van der Waals surface area (Å²) in [5.41, 5.74) is 0. The molecule has 0 aromatic heterocycles. The third-order valence-electron chi connectivity index (χ3n) is 8.00. The van der Waals surface area contributed by atoms with Crippen molar-refractivity contribution in [2.24, 2.45) is 0 Å². The van der Waals surface area contributed by atoms with E-state index in [2.05, 4.69) is 137 Å². The van der Waals surface area contributed by atoms with Crippen molar-refractivity contribution in [3.05, 3.63) is 91.0 Å². The molecule has 3 rings (SSSR count). The van der Waals surface area contributed by atoms with Crippen LogP contribution in [-0.2, 0) is 4.43 Å². The van der Waals surface area contributed by atoms with Crippen molar-refractivity contribution in [1.82, 2.24) is 0 Å². The van der Waals surface area contributed by atoms with E-state index in [9.17, 15) is 0 Å². The van der Waals surface area contributed by atoms with Crippen LogP contribution in [0.1, 0.15) is 65.7 Å². The van der Waals surface area contributed by atoms with Crippen LogP contribution >= 0.6 is 7.26 Å². The molecule has 1 nitrogen and oxygen atoms in total. The van der Waals surface area contributed by atoms with E-state index in [0.29, 0.717) is 5.04 Å². The van der Waals surface area contributed by atoms with Crippen LogP contribution in [0.3, 0.4) is 0 Å². The fourth-order valence-corrected chi connectivity index (χ4v) is 9.92. The van der Waals surface area contributed by atoms with Crippen molar-refractivity contribution in [2.45, 2.75) is 83.8 Å². The lowest BCUT2D eigenvalue weighted by molar-refractivity contribution is -0.00000886. The largest absolute Gasteiger partial charge is 1.00 e. The molecule has 0 N–H and O–H groups in total. The van der Waals surface area contributed by atoms with Crippen LogP contribution < -0.4 is 32.9 Å². The molecule has 0 heterocycles. The minimum atomic E-state index is -1.76. The molecular weight excluding hydrogens is 575 g/mol. The molecular formula is C35H48BrOPSi. The lowest BCUT2D eigenvalue weighted by Gasteiger charge is -2.36. The first-order chi connectivity index (χ1) is 18.3. The minimum Gasteiger partial charge on any atom is -1.00 e. The zero-order valence-corrected chi connectivity index (χ0v) is 28.2. The van der Waals surface area contributed by atoms with Gasteiger partial charge in [-0.05, 0) is 67.4 Å². The quantitative estimate of drug-likeness (QED) is 0.102. The Balaban J connectivity index is 0.00000533. The van der Waals surface area contributed by atoms with Crippen molar-refractivity contribution in [2.75, 3.05) is 12.8 Å². The molecule has 4 heteroatoms. The fourth-order valence-electron chi connectivity index (χ4n) is 4.67. The number of halogens is 1. The second-order valence-electron chi connectivity index (χ2n) is 11.8. The molecule has 0 aliphatic carbocycles. The highest BCUT2D eigenvalue weighted by molar-refractivity contribution is 7.95. The maximum atomic E-state index is 6.31. The lowest BCUT2D eigenvalue weighted by Crippen LogP contribution is -3.00. The maximum Gasteiger partial charge on any atom is 0.191 e. The van der Waals surface area contributed by atoms with Gasteiger partial charge in [0.05, 0.1) is 6.16 Å². The van der Waals surface area contributed by atoms with Gasteiger partial charge in [-0.1, -0.05) is 101 Å². The highest BCUT2D eigenvalue weighted by Gasteiger charge is 2.44. The zero-order valence-electron chi connectivity index (χ0n) is 24.8. The summed E-state index contributed by atoms with van der Waals surface area (Å²) in [6.07, 6.45) is 9.21. The predicted molar refractivity (Wildman–Crippen MR) is 173 cm³/mol. The van der Waals surface area contributed by atoms with E-state index in [0.717, 1.165) is 25.6 Å². The Morgan fingerprint density at radius 3 is 1.49 bits per heavy atom. The van der Waals surface area contributed by atoms with E-state index in [-0.39, 0.29) is 17.0 Å². The molecule has 0 amide bonds. The summed E-state index contributed by atoms with van der Waals surface area (Å²) in [4.78, 5) is 0. The Labute approximate surface area is 251 Å². The van der Waals surface area contributed by atoms with Gasteiger partial charge in [-0.3, -0.25) is 0 Å². The minimum absolute atomic E-state index is 0. The normalized spacial score (nSPS) is 11.8. The van der Waals surface area contributed by atoms with Crippen molar-refractivity contribution in [3.8, 4) is 11.8 Å². The van der Waals surface area contributed by atoms with Gasteiger partial charge in [-0.25, -0.2) is 0 Å². The molecule has 3 aromatic carbocycles. The van der Waals surface area contributed by atoms with E-state index < -0.39 is 15.6 Å². The number of hydrogen-bond donors (Lipinski definition) is 0. The van der Waals surface area contributed by atoms with E-state index in [4.69, 9.17) is 4.43 Å². The van der Waals surface area contributed by atoms with Crippen LogP contribution in [-0.4, -0.2) is 21.1 Å². The highest BCUT2D eigenvalue weighted by Crippen LogP contribution is 2.55. The van der Waals surface area contributed by atoms with Gasteiger partial charge < -0.3 is 21.4 Å². The molecule has 0 radical (unpaired) electrons. The van der Waals surface area contributed by atoms with Gasteiger partial charge >= 0.3 is 0 Å². The number of rotatable bonds is 13. The van der Waals surface area contributed by atoms with Crippen LogP contribution in [0.25, 0.3) is 0 Å². The Bertz CT molecular complexity index is 1030. The van der Waals surface area contributed by atoms with E-state index >= 15 is 0 Å². The molecule has 0 aliphatic rings. The second-order valence-corrected chi connectivity index (χ2v) is 20.2. The monoisotopic (exact) mass is 622 g/mol. The Morgan fingerprint density at radius 2 is 1.03 bits per heavy atom. The van der Waals surface area contributed by atoms with Crippen molar-refractivity contribution < 1.29 is 21.4 Å². The molecule has 0 saturated heterocycles. The van der Waals surface area contributed by atoms with Crippen LogP contribution in [0.15, 0.2) is 91.0 Å². The summed E-state index contributed by atoms with van der Waals surface area (Å²) in [6, 6.07) is 33.4. The second kappa shape index (κ2) is 16.5. The maximum absolute atomic E-state index is 6.31. The standard InChI is InChI=1S/C35H48OPSi.BrH/c1-35(2,3)38(4,5)36-30-22-11-9-7-6-8-10-12-23-31-37(32-24-16-13-17-25-32,33-26-18-14-19-27-33)34-28-20-15-21-29-34;/h13-21,24-29H,6-9,11,22-23,30-31H2,1-5H3;1H/q+1;/p-1. The third-order valence-corrected chi connectivity index (χ3v) is 17.0. The molecule has 0 spiro atoms. The van der Waals surface area contributed by atoms with Crippen LogP contribution in [0.2, 0.25) is 18.1 Å². The van der Waals surface area contributed by atoms with E-state index in [1.807, 2.05) is 0 Å². The molecule has 3 aromatic rings. The first-order valence-electron chi connectivity index (χ1n) is 14.4. The topological polar surface area (TPSA) is 9.23 Å². The number of unbranched alkanes of at least 4 members (excludes halogenated alkanes) is 5. The summed E-state index contributed by atoms with van der Waals surface area (Å²) >= 11 is 0. The first-order valence-corrected chi connectivity index (χ1v) is 19.3. The van der Waals surface area contributed by atoms with Gasteiger partial charge in [0.25, 0.3) is 0 Å². The van der Waals surface area contributed by atoms with Gasteiger partial charge in [-0.15, -0.1) is 5.92 Å². The Kier molecular flexibility index (Phi) is 14.2. The van der Waals surface area contributed by atoms with Gasteiger partial charge in [0.2, 0.25) is 0 Å². The number of hydrogen-bond acceptors (Lipinski definition) is 1. The molecule has 0 aliphatic heterocycles. The summed E-state index contributed by atoms with van der Waals surface area (Å²) in [6.45, 7) is 12.5. The van der Waals surface area contributed by atoms with Crippen molar-refractivity contribution in [3.63, 3.8) is 0 Å². The van der Waals surface area contributed by atoms with Crippen LogP contribution in [0.4, 0.5) is 0 Å². The SMILES string of the molecule is CC(C)(C)[Si](C)(C)OCCCCCCCC#CCC[P+](c1ccccc1)(c1ccccc1)c1ccccc1.[Br-]. The van der Waals surface area contributed by atoms with E-state index in [1.165, 1.54) is 48.0 Å². The average Bonchev–Trinajstić information content (AvgIpc) is 2.92. The summed E-state index contributed by atoms with van der Waals surface area (Å²) < 4.78 is 6.31. The molecule has 0 atom stereocenters. The molecule has 39 heavy (non-hydrogen) atoms. The van der Waals surface area contributed by atoms with Crippen molar-refractivity contribution in [1.29, 1.82) is 0 Å². The van der Waals surface area contributed by atoms with Crippen LogP contribution in [0.5, 0.6) is 0 Å². The van der Waals surface area contributed by atoms with E-state index in [1.54, 1.807) is 0 Å². The van der Waals surface area contributed by atoms with Gasteiger partial charge in [0.15, 0.2) is 8.32 Å². The Hall–Kier alpha value is -1.69. The highest BCUT2D eigenvalue weighted by atomic mass is 79.9.